The summed E-state index contributed by atoms with van der Waals surface area (Å²) >= 11 is 0. The lowest BCUT2D eigenvalue weighted by atomic mass is 9.93. The second-order valence-electron chi connectivity index (χ2n) is 5.76. The summed E-state index contributed by atoms with van der Waals surface area (Å²) in [7, 11) is 0. The van der Waals surface area contributed by atoms with Gasteiger partial charge in [-0.05, 0) is 49.8 Å². The van der Waals surface area contributed by atoms with Gasteiger partial charge in [0.2, 0.25) is 11.9 Å². The predicted octanol–water partition coefficient (Wildman–Crippen LogP) is 2.95. The highest BCUT2D eigenvalue weighted by molar-refractivity contribution is 5.44. The van der Waals surface area contributed by atoms with Crippen LogP contribution in [0.2, 0.25) is 0 Å². The summed E-state index contributed by atoms with van der Waals surface area (Å²) in [4.78, 5) is 12.2. The van der Waals surface area contributed by atoms with Gasteiger partial charge < -0.3 is 11.1 Å². The molecule has 5 heteroatoms. The van der Waals surface area contributed by atoms with E-state index in [0.717, 1.165) is 12.8 Å². The molecule has 0 spiro atoms. The molecule has 1 unspecified atom stereocenters. The summed E-state index contributed by atoms with van der Waals surface area (Å²) in [5, 5.41) is 3.43. The number of nitrogens with zero attached hydrogens (tertiary/aromatic N) is 3. The van der Waals surface area contributed by atoms with Gasteiger partial charge in [0.15, 0.2) is 0 Å². The first kappa shape index (κ1) is 13.8. The number of rotatable bonds is 2. The van der Waals surface area contributed by atoms with Crippen molar-refractivity contribution in [3.8, 4) is 0 Å². The van der Waals surface area contributed by atoms with E-state index in [1.807, 2.05) is 0 Å². The summed E-state index contributed by atoms with van der Waals surface area (Å²) in [5.41, 5.74) is 11.2. The van der Waals surface area contributed by atoms with Crippen LogP contribution in [-0.4, -0.2) is 15.0 Å². The van der Waals surface area contributed by atoms with E-state index in [9.17, 15) is 0 Å². The van der Waals surface area contributed by atoms with Gasteiger partial charge >= 0.3 is 0 Å². The number of benzene rings is 1. The molecule has 1 aliphatic carbocycles. The van der Waals surface area contributed by atoms with Gasteiger partial charge in [-0.15, -0.1) is 0 Å². The highest BCUT2D eigenvalue weighted by Crippen LogP contribution is 2.33. The molecule has 0 saturated carbocycles. The van der Waals surface area contributed by atoms with Crippen molar-refractivity contribution in [2.24, 2.45) is 0 Å². The summed E-state index contributed by atoms with van der Waals surface area (Å²) in [6, 6.07) is 4.79. The highest BCUT2D eigenvalue weighted by Gasteiger charge is 2.21. The van der Waals surface area contributed by atoms with Crippen LogP contribution in [0.3, 0.4) is 0 Å². The number of nitrogens with two attached hydrogens (primary N) is 1. The number of hydrogen-bond donors (Lipinski definition) is 2. The average molecular weight is 283 g/mol. The largest absolute Gasteiger partial charge is 0.368 e. The molecule has 0 saturated heterocycles. The lowest BCUT2D eigenvalue weighted by Gasteiger charge is -2.21. The molecule has 3 N–H and O–H groups in total. The Kier molecular flexibility index (Phi) is 3.73. The van der Waals surface area contributed by atoms with Crippen LogP contribution >= 0.6 is 0 Å². The zero-order valence-corrected chi connectivity index (χ0v) is 12.6. The molecule has 1 aromatic heterocycles. The van der Waals surface area contributed by atoms with E-state index in [4.69, 9.17) is 5.73 Å². The molecule has 110 valence electrons. The first-order valence-electron chi connectivity index (χ1n) is 7.44. The van der Waals surface area contributed by atoms with E-state index >= 15 is 0 Å². The second kappa shape index (κ2) is 5.68. The Morgan fingerprint density at radius 1 is 1.19 bits per heavy atom. The normalized spacial score (nSPS) is 17.9. The van der Waals surface area contributed by atoms with E-state index in [1.165, 1.54) is 41.4 Å². The molecule has 2 aromatic rings. The molecule has 0 amide bonds. The van der Waals surface area contributed by atoms with Gasteiger partial charge in [-0.3, -0.25) is 0 Å². The number of nitrogens with one attached hydrogen (secondary N) is 1. The zero-order chi connectivity index (χ0) is 14.8. The molecule has 1 heterocycles. The van der Waals surface area contributed by atoms with Crippen LogP contribution in [0.5, 0.6) is 0 Å². The van der Waals surface area contributed by atoms with Gasteiger partial charge in [0.1, 0.15) is 6.33 Å². The summed E-state index contributed by atoms with van der Waals surface area (Å²) in [6.07, 6.45) is 6.12. The molecular weight excluding hydrogens is 262 g/mol. The Morgan fingerprint density at radius 2 is 2.05 bits per heavy atom. The van der Waals surface area contributed by atoms with Crippen molar-refractivity contribution in [3.63, 3.8) is 0 Å². The minimum Gasteiger partial charge on any atom is -0.368 e. The van der Waals surface area contributed by atoms with E-state index in [2.05, 4.69) is 46.2 Å². The number of fused-ring (bicyclic) bond motifs is 1. The maximum absolute atomic E-state index is 5.64. The third-order valence-corrected chi connectivity index (χ3v) is 4.09. The minimum absolute atomic E-state index is 0.239. The number of aryl methyl sites for hydroxylation is 2. The Balaban J connectivity index is 1.96. The molecule has 21 heavy (non-hydrogen) atoms. The highest BCUT2D eigenvalue weighted by atomic mass is 15.2. The Labute approximate surface area is 125 Å². The first-order valence-corrected chi connectivity index (χ1v) is 7.44. The molecular formula is C16H21N5. The van der Waals surface area contributed by atoms with Crippen molar-refractivity contribution >= 4 is 11.9 Å². The first-order chi connectivity index (χ1) is 10.1. The topological polar surface area (TPSA) is 76.7 Å². The SMILES string of the molecule is Cc1cc(C)c2c(c1)C(Nc1ncnc(N)n1)CCCC2. The molecule has 0 bridgehead atoms. The van der Waals surface area contributed by atoms with Crippen molar-refractivity contribution < 1.29 is 0 Å². The number of anilines is 2. The van der Waals surface area contributed by atoms with Crippen molar-refractivity contribution in [1.29, 1.82) is 0 Å². The van der Waals surface area contributed by atoms with Crippen molar-refractivity contribution in [2.45, 2.75) is 45.6 Å². The third-order valence-electron chi connectivity index (χ3n) is 4.09. The summed E-state index contributed by atoms with van der Waals surface area (Å²) < 4.78 is 0. The number of aromatic nitrogens is 3. The van der Waals surface area contributed by atoms with E-state index in [0.29, 0.717) is 5.95 Å². The van der Waals surface area contributed by atoms with Crippen LogP contribution in [0.25, 0.3) is 0 Å². The quantitative estimate of drug-likeness (QED) is 0.829. The minimum atomic E-state index is 0.239. The lowest BCUT2D eigenvalue weighted by Crippen LogP contribution is -2.15. The fourth-order valence-corrected chi connectivity index (χ4v) is 3.17. The smallest absolute Gasteiger partial charge is 0.227 e. The molecule has 1 aromatic carbocycles. The third kappa shape index (κ3) is 2.96. The fraction of sp³-hybridized carbons (Fsp3) is 0.438. The van der Waals surface area contributed by atoms with E-state index in [-0.39, 0.29) is 12.0 Å². The average Bonchev–Trinajstić information content (AvgIpc) is 2.62. The molecule has 0 fully saturated rings. The van der Waals surface area contributed by atoms with Gasteiger partial charge in [0.05, 0.1) is 6.04 Å². The van der Waals surface area contributed by atoms with Crippen LogP contribution in [0.1, 0.15) is 47.6 Å². The van der Waals surface area contributed by atoms with Crippen LogP contribution in [0.4, 0.5) is 11.9 Å². The standard InChI is InChI=1S/C16H21N5/c1-10-7-11(2)12-5-3-4-6-14(13(12)8-10)20-16-19-9-18-15(17)21-16/h7-9,14H,3-6H2,1-2H3,(H3,17,18,19,20,21). The van der Waals surface area contributed by atoms with Gasteiger partial charge in [-0.25, -0.2) is 9.97 Å². The van der Waals surface area contributed by atoms with E-state index in [1.54, 1.807) is 0 Å². The Hall–Kier alpha value is -2.17. The Bertz CT molecular complexity index is 653. The van der Waals surface area contributed by atoms with Crippen LogP contribution in [0.15, 0.2) is 18.5 Å². The monoisotopic (exact) mass is 283 g/mol. The van der Waals surface area contributed by atoms with Crippen LogP contribution in [0, 0.1) is 13.8 Å². The summed E-state index contributed by atoms with van der Waals surface area (Å²) in [5.74, 6) is 0.807. The maximum atomic E-state index is 5.64. The Morgan fingerprint density at radius 3 is 2.86 bits per heavy atom. The summed E-state index contributed by atoms with van der Waals surface area (Å²) in [6.45, 7) is 4.35. The number of nitrogen functional groups attached to an aromatic ring is 1. The molecule has 5 nitrogen and oxygen atoms in total. The molecule has 0 radical (unpaired) electrons. The predicted molar refractivity (Wildman–Crippen MR) is 84.1 cm³/mol. The van der Waals surface area contributed by atoms with Crippen molar-refractivity contribution in [1.82, 2.24) is 15.0 Å². The van der Waals surface area contributed by atoms with Gasteiger partial charge in [-0.1, -0.05) is 24.1 Å². The van der Waals surface area contributed by atoms with Crippen molar-refractivity contribution in [2.75, 3.05) is 11.1 Å². The molecule has 0 aliphatic heterocycles. The number of hydrogen-bond acceptors (Lipinski definition) is 5. The van der Waals surface area contributed by atoms with Gasteiger partial charge in [0, 0.05) is 0 Å². The molecule has 3 rings (SSSR count). The molecule has 1 atom stereocenters. The van der Waals surface area contributed by atoms with Crippen molar-refractivity contribution in [3.05, 3.63) is 40.7 Å². The van der Waals surface area contributed by atoms with Crippen LogP contribution in [-0.2, 0) is 6.42 Å². The zero-order valence-electron chi connectivity index (χ0n) is 12.6. The van der Waals surface area contributed by atoms with Gasteiger partial charge in [0.25, 0.3) is 0 Å². The fourth-order valence-electron chi connectivity index (χ4n) is 3.17. The second-order valence-corrected chi connectivity index (χ2v) is 5.76. The van der Waals surface area contributed by atoms with Crippen LogP contribution < -0.4 is 11.1 Å². The lowest BCUT2D eigenvalue weighted by molar-refractivity contribution is 0.639. The van der Waals surface area contributed by atoms with Gasteiger partial charge in [-0.2, -0.15) is 4.98 Å². The molecule has 1 aliphatic rings. The maximum Gasteiger partial charge on any atom is 0.227 e. The van der Waals surface area contributed by atoms with E-state index < -0.39 is 0 Å².